The lowest BCUT2D eigenvalue weighted by Crippen LogP contribution is -2.37. The van der Waals surface area contributed by atoms with Crippen LogP contribution in [-0.2, 0) is 29.0 Å². The number of rotatable bonds is 6. The van der Waals surface area contributed by atoms with E-state index in [2.05, 4.69) is 30.0 Å². The summed E-state index contributed by atoms with van der Waals surface area (Å²) >= 11 is 0. The summed E-state index contributed by atoms with van der Waals surface area (Å²) in [5, 5.41) is 0. The normalized spacial score (nSPS) is 15.8. The molecule has 3 aromatic rings. The van der Waals surface area contributed by atoms with Gasteiger partial charge in [-0.2, -0.15) is 0 Å². The van der Waals surface area contributed by atoms with E-state index < -0.39 is 0 Å². The Bertz CT molecular complexity index is 1260. The van der Waals surface area contributed by atoms with Crippen LogP contribution in [0, 0.1) is 6.92 Å². The number of imide groups is 1. The first-order valence-electron chi connectivity index (χ1n) is 12.2. The molecule has 34 heavy (non-hydrogen) atoms. The second kappa shape index (κ2) is 9.30. The highest BCUT2D eigenvalue weighted by Gasteiger charge is 2.43. The monoisotopic (exact) mass is 450 g/mol. The molecule has 0 atom stereocenters. The van der Waals surface area contributed by atoms with Gasteiger partial charge >= 0.3 is 0 Å². The second-order valence-electron chi connectivity index (χ2n) is 9.25. The zero-order valence-electron chi connectivity index (χ0n) is 19.9. The summed E-state index contributed by atoms with van der Waals surface area (Å²) in [5.74, 6) is -0.481. The molecule has 0 aromatic heterocycles. The van der Waals surface area contributed by atoms with E-state index in [9.17, 15) is 9.59 Å². The van der Waals surface area contributed by atoms with Crippen molar-refractivity contribution in [1.82, 2.24) is 4.90 Å². The SMILES string of the molecule is CCCCc1ccc(N2C(=O)C(c3ccc(C)cc3)=C(N3CCc4ccccc4C3)C2=O)cc1. The van der Waals surface area contributed by atoms with Crippen LogP contribution in [0.3, 0.4) is 0 Å². The zero-order valence-corrected chi connectivity index (χ0v) is 19.9. The highest BCUT2D eigenvalue weighted by molar-refractivity contribution is 6.45. The lowest BCUT2D eigenvalue weighted by atomic mass is 9.97. The van der Waals surface area contributed by atoms with Gasteiger partial charge in [0.1, 0.15) is 5.70 Å². The van der Waals surface area contributed by atoms with Crippen LogP contribution in [-0.4, -0.2) is 23.3 Å². The van der Waals surface area contributed by atoms with Crippen molar-refractivity contribution in [3.8, 4) is 0 Å². The van der Waals surface area contributed by atoms with Gasteiger partial charge in [0.15, 0.2) is 0 Å². The van der Waals surface area contributed by atoms with Gasteiger partial charge in [0.05, 0.1) is 11.3 Å². The third kappa shape index (κ3) is 4.05. The number of hydrogen-bond donors (Lipinski definition) is 0. The Morgan fingerprint density at radius 2 is 1.53 bits per heavy atom. The fourth-order valence-electron chi connectivity index (χ4n) is 4.91. The summed E-state index contributed by atoms with van der Waals surface area (Å²) in [6, 6.07) is 24.1. The van der Waals surface area contributed by atoms with Gasteiger partial charge in [0.25, 0.3) is 11.8 Å². The third-order valence-electron chi connectivity index (χ3n) is 6.86. The minimum absolute atomic E-state index is 0.235. The van der Waals surface area contributed by atoms with Crippen molar-refractivity contribution in [3.05, 3.63) is 106 Å². The number of aryl methyl sites for hydroxylation is 2. The molecule has 3 aromatic carbocycles. The molecule has 5 rings (SSSR count). The first kappa shape index (κ1) is 22.1. The van der Waals surface area contributed by atoms with Crippen molar-refractivity contribution < 1.29 is 9.59 Å². The topological polar surface area (TPSA) is 40.6 Å². The van der Waals surface area contributed by atoms with Crippen LogP contribution >= 0.6 is 0 Å². The molecule has 0 radical (unpaired) electrons. The number of unbranched alkanes of at least 4 members (excludes halogenated alkanes) is 1. The van der Waals surface area contributed by atoms with Crippen LogP contribution in [0.4, 0.5) is 5.69 Å². The molecular formula is C30H30N2O2. The van der Waals surface area contributed by atoms with E-state index in [0.29, 0.717) is 30.0 Å². The number of carbonyl (C=O) groups excluding carboxylic acids is 2. The average Bonchev–Trinajstić information content (AvgIpc) is 3.13. The molecule has 2 heterocycles. The quantitative estimate of drug-likeness (QED) is 0.454. The molecule has 0 saturated heterocycles. The van der Waals surface area contributed by atoms with Gasteiger partial charge in [-0.3, -0.25) is 9.59 Å². The highest BCUT2D eigenvalue weighted by atomic mass is 16.2. The molecule has 0 fully saturated rings. The fraction of sp³-hybridized carbons (Fsp3) is 0.267. The average molecular weight is 451 g/mol. The Morgan fingerprint density at radius 3 is 2.24 bits per heavy atom. The Morgan fingerprint density at radius 1 is 0.824 bits per heavy atom. The van der Waals surface area contributed by atoms with Crippen LogP contribution < -0.4 is 4.90 Å². The van der Waals surface area contributed by atoms with E-state index in [-0.39, 0.29) is 11.8 Å². The minimum Gasteiger partial charge on any atom is -0.362 e. The van der Waals surface area contributed by atoms with Gasteiger partial charge in [-0.1, -0.05) is 79.6 Å². The van der Waals surface area contributed by atoms with Gasteiger partial charge in [-0.15, -0.1) is 0 Å². The molecule has 172 valence electrons. The van der Waals surface area contributed by atoms with Gasteiger partial charge < -0.3 is 4.90 Å². The molecule has 2 aliphatic heterocycles. The zero-order chi connectivity index (χ0) is 23.7. The summed E-state index contributed by atoms with van der Waals surface area (Å²) in [4.78, 5) is 31.1. The maximum atomic E-state index is 13.8. The summed E-state index contributed by atoms with van der Waals surface area (Å²) in [6.07, 6.45) is 4.12. The summed E-state index contributed by atoms with van der Waals surface area (Å²) < 4.78 is 0. The van der Waals surface area contributed by atoms with Gasteiger partial charge in [-0.05, 0) is 60.6 Å². The Labute approximate surface area is 201 Å². The number of anilines is 1. The Balaban J connectivity index is 1.54. The number of benzene rings is 3. The third-order valence-corrected chi connectivity index (χ3v) is 6.86. The minimum atomic E-state index is -0.246. The molecule has 0 N–H and O–H groups in total. The number of nitrogens with zero attached hydrogens (tertiary/aromatic N) is 2. The van der Waals surface area contributed by atoms with E-state index in [1.165, 1.54) is 21.6 Å². The lowest BCUT2D eigenvalue weighted by molar-refractivity contribution is -0.120. The predicted molar refractivity (Wildman–Crippen MR) is 136 cm³/mol. The second-order valence-corrected chi connectivity index (χ2v) is 9.25. The first-order chi connectivity index (χ1) is 16.6. The van der Waals surface area contributed by atoms with Gasteiger partial charge in [-0.25, -0.2) is 4.90 Å². The maximum absolute atomic E-state index is 13.8. The van der Waals surface area contributed by atoms with Gasteiger partial charge in [0, 0.05) is 13.1 Å². The number of hydrogen-bond acceptors (Lipinski definition) is 3. The van der Waals surface area contributed by atoms with Crippen LogP contribution in [0.1, 0.15) is 47.6 Å². The predicted octanol–water partition coefficient (Wildman–Crippen LogP) is 5.68. The van der Waals surface area contributed by atoms with Crippen LogP contribution in [0.15, 0.2) is 78.5 Å². The first-order valence-corrected chi connectivity index (χ1v) is 12.2. The molecule has 0 aliphatic carbocycles. The van der Waals surface area contributed by atoms with Gasteiger partial charge in [0.2, 0.25) is 0 Å². The summed E-state index contributed by atoms with van der Waals surface area (Å²) in [5.41, 5.74) is 7.30. The van der Waals surface area contributed by atoms with Crippen molar-refractivity contribution >= 4 is 23.1 Å². The molecule has 4 heteroatoms. The standard InChI is InChI=1S/C30H30N2O2/c1-3-4-7-22-12-16-26(17-13-22)32-29(33)27(24-14-10-21(2)11-15-24)28(30(32)34)31-19-18-23-8-5-6-9-25(23)20-31/h5-6,8-17H,3-4,7,18-20H2,1-2H3. The fourth-order valence-corrected chi connectivity index (χ4v) is 4.91. The van der Waals surface area contributed by atoms with E-state index in [1.54, 1.807) is 0 Å². The molecule has 2 amide bonds. The molecule has 0 spiro atoms. The van der Waals surface area contributed by atoms with Crippen LogP contribution in [0.5, 0.6) is 0 Å². The molecule has 0 bridgehead atoms. The van der Waals surface area contributed by atoms with Crippen molar-refractivity contribution in [2.75, 3.05) is 11.4 Å². The lowest BCUT2D eigenvalue weighted by Gasteiger charge is -2.31. The number of carbonyl (C=O) groups is 2. The van der Waals surface area contributed by atoms with Crippen molar-refractivity contribution in [2.45, 2.75) is 46.1 Å². The van der Waals surface area contributed by atoms with E-state index in [1.807, 2.05) is 61.5 Å². The summed E-state index contributed by atoms with van der Waals surface area (Å²) in [7, 11) is 0. The molecular weight excluding hydrogens is 420 g/mol. The van der Waals surface area contributed by atoms with E-state index in [0.717, 1.165) is 36.8 Å². The molecule has 2 aliphatic rings. The smallest absolute Gasteiger partial charge is 0.282 e. The Kier molecular flexibility index (Phi) is 6.06. The highest BCUT2D eigenvalue weighted by Crippen LogP contribution is 2.37. The van der Waals surface area contributed by atoms with Crippen molar-refractivity contribution in [3.63, 3.8) is 0 Å². The maximum Gasteiger partial charge on any atom is 0.282 e. The summed E-state index contributed by atoms with van der Waals surface area (Å²) in [6.45, 7) is 5.54. The largest absolute Gasteiger partial charge is 0.362 e. The van der Waals surface area contributed by atoms with Crippen LogP contribution in [0.2, 0.25) is 0 Å². The number of fused-ring (bicyclic) bond motifs is 1. The molecule has 0 unspecified atom stereocenters. The van der Waals surface area contributed by atoms with Crippen molar-refractivity contribution in [2.24, 2.45) is 0 Å². The molecule has 0 saturated carbocycles. The molecule has 4 nitrogen and oxygen atoms in total. The van der Waals surface area contributed by atoms with Crippen molar-refractivity contribution in [1.29, 1.82) is 0 Å². The van der Waals surface area contributed by atoms with E-state index in [4.69, 9.17) is 0 Å². The van der Waals surface area contributed by atoms with Crippen LogP contribution in [0.25, 0.3) is 5.57 Å². The van der Waals surface area contributed by atoms with E-state index >= 15 is 0 Å². The Hall–Kier alpha value is -3.66. The number of amides is 2.